The van der Waals surface area contributed by atoms with Crippen LogP contribution in [0.25, 0.3) is 0 Å². The van der Waals surface area contributed by atoms with Crippen molar-refractivity contribution >= 4 is 17.5 Å². The summed E-state index contributed by atoms with van der Waals surface area (Å²) in [4.78, 5) is 13.9. The predicted molar refractivity (Wildman–Crippen MR) is 73.9 cm³/mol. The van der Waals surface area contributed by atoms with Crippen LogP contribution in [0.4, 0.5) is 8.78 Å². The fourth-order valence-corrected chi connectivity index (χ4v) is 2.71. The van der Waals surface area contributed by atoms with Crippen LogP contribution in [0, 0.1) is 17.6 Å². The number of carbonyl (C=O) groups is 1. The number of benzene rings is 1. The van der Waals surface area contributed by atoms with Gasteiger partial charge in [0.2, 0.25) is 0 Å². The summed E-state index contributed by atoms with van der Waals surface area (Å²) < 4.78 is 27.2. The van der Waals surface area contributed by atoms with Gasteiger partial charge in [0.25, 0.3) is 5.91 Å². The van der Waals surface area contributed by atoms with Crippen LogP contribution < -0.4 is 5.32 Å². The summed E-state index contributed by atoms with van der Waals surface area (Å²) in [5.41, 5.74) is -0.253. The maximum atomic E-state index is 13.8. The molecule has 1 aliphatic rings. The van der Waals surface area contributed by atoms with Crippen molar-refractivity contribution in [1.82, 2.24) is 10.2 Å². The Labute approximate surface area is 121 Å². The lowest BCUT2D eigenvalue weighted by molar-refractivity contribution is 0.0669. The number of piperidine rings is 1. The average molecular weight is 303 g/mol. The van der Waals surface area contributed by atoms with Crippen LogP contribution in [0.1, 0.15) is 23.2 Å². The highest BCUT2D eigenvalue weighted by Gasteiger charge is 2.26. The molecule has 2 rings (SSSR count). The molecule has 6 heteroatoms. The van der Waals surface area contributed by atoms with Crippen molar-refractivity contribution in [2.24, 2.45) is 5.92 Å². The number of halogens is 3. The van der Waals surface area contributed by atoms with E-state index >= 15 is 0 Å². The number of likely N-dealkylation sites (tertiary alicyclic amines) is 1. The molecule has 110 valence electrons. The summed E-state index contributed by atoms with van der Waals surface area (Å²) in [7, 11) is 1.86. The molecule has 1 aromatic carbocycles. The van der Waals surface area contributed by atoms with Crippen molar-refractivity contribution in [3.8, 4) is 0 Å². The van der Waals surface area contributed by atoms with Crippen LogP contribution in [0.15, 0.2) is 12.1 Å². The molecule has 0 aromatic heterocycles. The van der Waals surface area contributed by atoms with E-state index in [1.807, 2.05) is 7.05 Å². The molecule has 1 atom stereocenters. The number of hydrogen-bond donors (Lipinski definition) is 1. The minimum Gasteiger partial charge on any atom is -0.338 e. The summed E-state index contributed by atoms with van der Waals surface area (Å²) in [6, 6.07) is 1.72. The van der Waals surface area contributed by atoms with Crippen LogP contribution in [0.5, 0.6) is 0 Å². The molecule has 3 nitrogen and oxygen atoms in total. The second-order valence-electron chi connectivity index (χ2n) is 5.06. The second-order valence-corrected chi connectivity index (χ2v) is 5.47. The smallest absolute Gasteiger partial charge is 0.256 e. The number of amides is 1. The number of hydrogen-bond acceptors (Lipinski definition) is 2. The monoisotopic (exact) mass is 302 g/mol. The highest BCUT2D eigenvalue weighted by molar-refractivity contribution is 6.30. The molecule has 1 saturated heterocycles. The average Bonchev–Trinajstić information content (AvgIpc) is 2.43. The third kappa shape index (κ3) is 3.27. The molecule has 0 radical (unpaired) electrons. The highest BCUT2D eigenvalue weighted by atomic mass is 35.5. The number of nitrogens with one attached hydrogen (secondary N) is 1. The van der Waals surface area contributed by atoms with E-state index in [1.165, 1.54) is 0 Å². The molecule has 1 aromatic rings. The van der Waals surface area contributed by atoms with Crippen molar-refractivity contribution in [2.75, 3.05) is 26.7 Å². The third-order valence-electron chi connectivity index (χ3n) is 3.54. The number of rotatable bonds is 3. The zero-order valence-corrected chi connectivity index (χ0v) is 12.0. The fraction of sp³-hybridized carbons (Fsp3) is 0.500. The zero-order valence-electron chi connectivity index (χ0n) is 11.3. The molecule has 1 aliphatic heterocycles. The Balaban J connectivity index is 2.16. The molecule has 1 fully saturated rings. The van der Waals surface area contributed by atoms with Crippen LogP contribution >= 0.6 is 11.6 Å². The van der Waals surface area contributed by atoms with Gasteiger partial charge in [0, 0.05) is 13.1 Å². The van der Waals surface area contributed by atoms with E-state index < -0.39 is 17.5 Å². The Morgan fingerprint density at radius 3 is 2.90 bits per heavy atom. The van der Waals surface area contributed by atoms with E-state index in [2.05, 4.69) is 5.32 Å². The Hall–Kier alpha value is -1.20. The topological polar surface area (TPSA) is 32.3 Å². The summed E-state index contributed by atoms with van der Waals surface area (Å²) in [6.07, 6.45) is 1.90. The van der Waals surface area contributed by atoms with Gasteiger partial charge in [-0.05, 0) is 44.5 Å². The molecule has 1 unspecified atom stereocenters. The van der Waals surface area contributed by atoms with Crippen LogP contribution in [0.3, 0.4) is 0 Å². The first-order valence-corrected chi connectivity index (χ1v) is 6.99. The van der Waals surface area contributed by atoms with E-state index in [-0.39, 0.29) is 10.6 Å². The minimum atomic E-state index is -0.780. The van der Waals surface area contributed by atoms with Crippen molar-refractivity contribution in [3.63, 3.8) is 0 Å². The molecule has 20 heavy (non-hydrogen) atoms. The summed E-state index contributed by atoms with van der Waals surface area (Å²) in [6.45, 7) is 1.94. The lowest BCUT2D eigenvalue weighted by Gasteiger charge is -2.32. The summed E-state index contributed by atoms with van der Waals surface area (Å²) in [5, 5.41) is 2.76. The van der Waals surface area contributed by atoms with Gasteiger partial charge < -0.3 is 10.2 Å². The first-order chi connectivity index (χ1) is 9.52. The molecule has 0 aliphatic carbocycles. The van der Waals surface area contributed by atoms with Crippen molar-refractivity contribution < 1.29 is 13.6 Å². The molecule has 1 N–H and O–H groups in total. The molecule has 1 amide bonds. The SMILES string of the molecule is CNCC1CCCN(C(=O)c2cc(F)c(Cl)cc2F)C1. The molecular formula is C14H17ClF2N2O. The van der Waals surface area contributed by atoms with E-state index in [1.54, 1.807) is 4.90 Å². The zero-order chi connectivity index (χ0) is 14.7. The first kappa shape index (κ1) is 15.2. The Bertz CT molecular complexity index is 508. The van der Waals surface area contributed by atoms with Gasteiger partial charge in [0.05, 0.1) is 10.6 Å². The quantitative estimate of drug-likeness (QED) is 0.871. The van der Waals surface area contributed by atoms with Gasteiger partial charge >= 0.3 is 0 Å². The van der Waals surface area contributed by atoms with Gasteiger partial charge in [0.15, 0.2) is 0 Å². The first-order valence-electron chi connectivity index (χ1n) is 6.61. The van der Waals surface area contributed by atoms with Gasteiger partial charge in [-0.3, -0.25) is 4.79 Å². The summed E-state index contributed by atoms with van der Waals surface area (Å²) >= 11 is 5.49. The Morgan fingerprint density at radius 1 is 1.45 bits per heavy atom. The molecule has 0 spiro atoms. The predicted octanol–water partition coefficient (Wildman–Crippen LogP) is 2.69. The van der Waals surface area contributed by atoms with Gasteiger partial charge in [-0.2, -0.15) is 0 Å². The van der Waals surface area contributed by atoms with E-state index in [9.17, 15) is 13.6 Å². The van der Waals surface area contributed by atoms with Crippen LogP contribution in [-0.4, -0.2) is 37.5 Å². The van der Waals surface area contributed by atoms with Crippen molar-refractivity contribution in [1.29, 1.82) is 0 Å². The van der Waals surface area contributed by atoms with Gasteiger partial charge in [0.1, 0.15) is 11.6 Å². The lowest BCUT2D eigenvalue weighted by atomic mass is 9.97. The fourth-order valence-electron chi connectivity index (χ4n) is 2.56. The van der Waals surface area contributed by atoms with Gasteiger partial charge in [-0.15, -0.1) is 0 Å². The maximum Gasteiger partial charge on any atom is 0.256 e. The van der Waals surface area contributed by atoms with Crippen molar-refractivity contribution in [2.45, 2.75) is 12.8 Å². The van der Waals surface area contributed by atoms with Crippen molar-refractivity contribution in [3.05, 3.63) is 34.4 Å². The van der Waals surface area contributed by atoms with E-state index in [0.717, 1.165) is 31.5 Å². The molecular weight excluding hydrogens is 286 g/mol. The molecule has 1 heterocycles. The Morgan fingerprint density at radius 2 is 2.20 bits per heavy atom. The standard InChI is InChI=1S/C14H17ClF2N2O/c1-18-7-9-3-2-4-19(8-9)14(20)10-5-13(17)11(15)6-12(10)16/h5-6,9,18H,2-4,7-8H2,1H3. The molecule has 0 saturated carbocycles. The normalized spacial score (nSPS) is 19.2. The van der Waals surface area contributed by atoms with Gasteiger partial charge in [-0.25, -0.2) is 8.78 Å². The van der Waals surface area contributed by atoms with Crippen LogP contribution in [0.2, 0.25) is 5.02 Å². The second kappa shape index (κ2) is 6.50. The number of carbonyl (C=O) groups excluding carboxylic acids is 1. The highest BCUT2D eigenvalue weighted by Crippen LogP contribution is 2.23. The Kier molecular flexibility index (Phi) is 4.94. The molecule has 0 bridgehead atoms. The maximum absolute atomic E-state index is 13.8. The lowest BCUT2D eigenvalue weighted by Crippen LogP contribution is -2.42. The third-order valence-corrected chi connectivity index (χ3v) is 3.83. The van der Waals surface area contributed by atoms with E-state index in [4.69, 9.17) is 11.6 Å². The van der Waals surface area contributed by atoms with Gasteiger partial charge in [-0.1, -0.05) is 11.6 Å². The largest absolute Gasteiger partial charge is 0.338 e. The minimum absolute atomic E-state index is 0.253. The van der Waals surface area contributed by atoms with E-state index in [0.29, 0.717) is 19.0 Å². The number of nitrogens with zero attached hydrogens (tertiary/aromatic N) is 1. The van der Waals surface area contributed by atoms with Crippen LogP contribution in [-0.2, 0) is 0 Å². The summed E-state index contributed by atoms with van der Waals surface area (Å²) in [5.74, 6) is -1.69.